The van der Waals surface area contributed by atoms with Gasteiger partial charge in [-0.05, 0) is 18.1 Å². The van der Waals surface area contributed by atoms with Crippen molar-refractivity contribution >= 4 is 5.91 Å². The number of aliphatic hydroxyl groups excluding tert-OH is 1. The second kappa shape index (κ2) is 6.37. The van der Waals surface area contributed by atoms with Crippen LogP contribution in [-0.2, 0) is 17.9 Å². The molecule has 4 heteroatoms. The molecule has 2 unspecified atom stereocenters. The highest BCUT2D eigenvalue weighted by Crippen LogP contribution is 2.06. The predicted octanol–water partition coefficient (Wildman–Crippen LogP) is 0.778. The normalized spacial score (nSPS) is 14.1. The van der Waals surface area contributed by atoms with Crippen molar-refractivity contribution in [2.45, 2.75) is 33.0 Å². The average molecular weight is 236 g/mol. The summed E-state index contributed by atoms with van der Waals surface area (Å²) in [5.74, 6) is -0.245. The van der Waals surface area contributed by atoms with E-state index in [9.17, 15) is 4.79 Å². The lowest BCUT2D eigenvalue weighted by molar-refractivity contribution is -0.125. The fourth-order valence-corrected chi connectivity index (χ4v) is 1.43. The number of amides is 1. The zero-order valence-electron chi connectivity index (χ0n) is 10.3. The predicted molar refractivity (Wildman–Crippen MR) is 67.0 cm³/mol. The fraction of sp³-hybridized carbons (Fsp3) is 0.462. The molecule has 0 aliphatic rings. The third-order valence-electron chi connectivity index (χ3n) is 2.84. The second-order valence-corrected chi connectivity index (χ2v) is 4.34. The van der Waals surface area contributed by atoms with E-state index in [1.54, 1.807) is 0 Å². The van der Waals surface area contributed by atoms with E-state index in [1.165, 1.54) is 0 Å². The third kappa shape index (κ3) is 4.17. The largest absolute Gasteiger partial charge is 0.392 e. The fourth-order valence-electron chi connectivity index (χ4n) is 1.43. The van der Waals surface area contributed by atoms with Gasteiger partial charge >= 0.3 is 0 Å². The second-order valence-electron chi connectivity index (χ2n) is 4.34. The van der Waals surface area contributed by atoms with Gasteiger partial charge in [0, 0.05) is 18.5 Å². The van der Waals surface area contributed by atoms with E-state index >= 15 is 0 Å². The highest BCUT2D eigenvalue weighted by Gasteiger charge is 2.16. The van der Waals surface area contributed by atoms with Crippen LogP contribution in [0.1, 0.15) is 25.0 Å². The minimum atomic E-state index is -0.198. The molecule has 0 saturated heterocycles. The number of carbonyl (C=O) groups is 1. The Bertz CT molecular complexity index is 377. The summed E-state index contributed by atoms with van der Waals surface area (Å²) in [6.45, 7) is 4.10. The minimum absolute atomic E-state index is 0.0119. The highest BCUT2D eigenvalue weighted by molar-refractivity contribution is 5.78. The van der Waals surface area contributed by atoms with Crippen LogP contribution in [0.15, 0.2) is 24.3 Å². The summed E-state index contributed by atoms with van der Waals surface area (Å²) >= 11 is 0. The van der Waals surface area contributed by atoms with Gasteiger partial charge < -0.3 is 16.2 Å². The first-order chi connectivity index (χ1) is 8.04. The molecular weight excluding hydrogens is 216 g/mol. The third-order valence-corrected chi connectivity index (χ3v) is 2.84. The van der Waals surface area contributed by atoms with Gasteiger partial charge in [-0.25, -0.2) is 0 Å². The van der Waals surface area contributed by atoms with Gasteiger partial charge in [0.15, 0.2) is 0 Å². The van der Waals surface area contributed by atoms with E-state index in [-0.39, 0.29) is 24.5 Å². The van der Waals surface area contributed by atoms with E-state index in [4.69, 9.17) is 10.8 Å². The first kappa shape index (κ1) is 13.7. The van der Waals surface area contributed by atoms with Gasteiger partial charge in [0.2, 0.25) is 5.91 Å². The number of nitrogens with two attached hydrogens (primary N) is 1. The summed E-state index contributed by atoms with van der Waals surface area (Å²) in [6, 6.07) is 7.34. The molecule has 94 valence electrons. The Morgan fingerprint density at radius 3 is 2.65 bits per heavy atom. The van der Waals surface area contributed by atoms with E-state index in [0.717, 1.165) is 11.1 Å². The zero-order valence-corrected chi connectivity index (χ0v) is 10.3. The average Bonchev–Trinajstić information content (AvgIpc) is 2.35. The molecule has 2 atom stereocenters. The Labute approximate surface area is 102 Å². The van der Waals surface area contributed by atoms with Crippen LogP contribution in [0.3, 0.4) is 0 Å². The van der Waals surface area contributed by atoms with Crippen LogP contribution in [0.4, 0.5) is 0 Å². The summed E-state index contributed by atoms with van der Waals surface area (Å²) in [5, 5.41) is 11.8. The van der Waals surface area contributed by atoms with Gasteiger partial charge in [-0.2, -0.15) is 0 Å². The van der Waals surface area contributed by atoms with Crippen LogP contribution < -0.4 is 11.1 Å². The lowest BCUT2D eigenvalue weighted by atomic mass is 10.0. The van der Waals surface area contributed by atoms with Gasteiger partial charge in [0.25, 0.3) is 0 Å². The van der Waals surface area contributed by atoms with Crippen LogP contribution in [0.5, 0.6) is 0 Å². The number of hydrogen-bond donors (Lipinski definition) is 3. The number of rotatable bonds is 5. The summed E-state index contributed by atoms with van der Waals surface area (Å²) in [7, 11) is 0. The molecule has 4 N–H and O–H groups in total. The number of aliphatic hydroxyl groups is 1. The summed E-state index contributed by atoms with van der Waals surface area (Å²) < 4.78 is 0. The molecule has 0 heterocycles. The van der Waals surface area contributed by atoms with Crippen molar-refractivity contribution in [3.63, 3.8) is 0 Å². The van der Waals surface area contributed by atoms with Crippen LogP contribution in [0, 0.1) is 5.92 Å². The van der Waals surface area contributed by atoms with Crippen molar-refractivity contribution in [3.8, 4) is 0 Å². The molecule has 0 spiro atoms. The van der Waals surface area contributed by atoms with Gasteiger partial charge in [0.1, 0.15) is 0 Å². The van der Waals surface area contributed by atoms with Crippen LogP contribution >= 0.6 is 0 Å². The topological polar surface area (TPSA) is 75.4 Å². The molecule has 0 radical (unpaired) electrons. The summed E-state index contributed by atoms with van der Waals surface area (Å²) in [5.41, 5.74) is 7.48. The Hall–Kier alpha value is -1.39. The quantitative estimate of drug-likeness (QED) is 0.707. The Morgan fingerprint density at radius 1 is 1.41 bits per heavy atom. The number of carbonyl (C=O) groups excluding carboxylic acids is 1. The maximum Gasteiger partial charge on any atom is 0.224 e. The van der Waals surface area contributed by atoms with Crippen molar-refractivity contribution in [3.05, 3.63) is 35.4 Å². The molecule has 0 saturated carbocycles. The van der Waals surface area contributed by atoms with Crippen molar-refractivity contribution in [1.82, 2.24) is 5.32 Å². The van der Waals surface area contributed by atoms with E-state index in [1.807, 2.05) is 38.1 Å². The van der Waals surface area contributed by atoms with Gasteiger partial charge in [0.05, 0.1) is 6.61 Å². The van der Waals surface area contributed by atoms with Crippen molar-refractivity contribution in [2.24, 2.45) is 11.7 Å². The van der Waals surface area contributed by atoms with Crippen molar-refractivity contribution in [1.29, 1.82) is 0 Å². The molecule has 4 nitrogen and oxygen atoms in total. The zero-order chi connectivity index (χ0) is 12.8. The molecular formula is C13H20N2O2. The molecule has 1 aromatic carbocycles. The Morgan fingerprint density at radius 2 is 2.06 bits per heavy atom. The lowest BCUT2D eigenvalue weighted by Crippen LogP contribution is -2.38. The first-order valence-electron chi connectivity index (χ1n) is 5.76. The molecule has 0 aliphatic carbocycles. The highest BCUT2D eigenvalue weighted by atomic mass is 16.3. The standard InChI is InChI=1S/C13H20N2O2/c1-9(10(2)14)13(17)15-7-11-4-3-5-12(6-11)8-16/h3-6,9-10,16H,7-8,14H2,1-2H3,(H,15,17). The molecule has 0 aromatic heterocycles. The summed E-state index contributed by atoms with van der Waals surface area (Å²) in [4.78, 5) is 11.7. The molecule has 0 bridgehead atoms. The molecule has 1 rings (SSSR count). The maximum atomic E-state index is 11.7. The van der Waals surface area contributed by atoms with Crippen LogP contribution in [0.25, 0.3) is 0 Å². The van der Waals surface area contributed by atoms with Crippen molar-refractivity contribution in [2.75, 3.05) is 0 Å². The SMILES string of the molecule is CC(N)C(C)C(=O)NCc1cccc(CO)c1. The van der Waals surface area contributed by atoms with Gasteiger partial charge in [-0.1, -0.05) is 31.2 Å². The van der Waals surface area contributed by atoms with Crippen LogP contribution in [-0.4, -0.2) is 17.1 Å². The van der Waals surface area contributed by atoms with E-state index in [0.29, 0.717) is 6.54 Å². The molecule has 1 amide bonds. The van der Waals surface area contributed by atoms with E-state index < -0.39 is 0 Å². The summed E-state index contributed by atoms with van der Waals surface area (Å²) in [6.07, 6.45) is 0. The smallest absolute Gasteiger partial charge is 0.224 e. The maximum absolute atomic E-state index is 11.7. The minimum Gasteiger partial charge on any atom is -0.392 e. The molecule has 0 aliphatic heterocycles. The number of benzene rings is 1. The van der Waals surface area contributed by atoms with E-state index in [2.05, 4.69) is 5.32 Å². The monoisotopic (exact) mass is 236 g/mol. The first-order valence-corrected chi connectivity index (χ1v) is 5.76. The molecule has 1 aromatic rings. The van der Waals surface area contributed by atoms with Crippen LogP contribution in [0.2, 0.25) is 0 Å². The number of hydrogen-bond acceptors (Lipinski definition) is 3. The number of nitrogens with one attached hydrogen (secondary N) is 1. The Kier molecular flexibility index (Phi) is 5.12. The molecule has 0 fully saturated rings. The Balaban J connectivity index is 2.52. The van der Waals surface area contributed by atoms with Gasteiger partial charge in [-0.3, -0.25) is 4.79 Å². The van der Waals surface area contributed by atoms with Gasteiger partial charge in [-0.15, -0.1) is 0 Å². The molecule has 17 heavy (non-hydrogen) atoms. The lowest BCUT2D eigenvalue weighted by Gasteiger charge is -2.15. The van der Waals surface area contributed by atoms with Crippen molar-refractivity contribution < 1.29 is 9.90 Å².